The van der Waals surface area contributed by atoms with E-state index in [1.807, 2.05) is 39.1 Å². The Hall–Kier alpha value is -1.30. The Balaban J connectivity index is 0.00000288. The van der Waals surface area contributed by atoms with Gasteiger partial charge in [0, 0.05) is 37.4 Å². The molecule has 6 heteroatoms. The van der Waals surface area contributed by atoms with E-state index in [4.69, 9.17) is 9.47 Å². The molecule has 0 radical (unpaired) electrons. The quantitative estimate of drug-likeness (QED) is 0.788. The molecule has 1 atom stereocenters. The van der Waals surface area contributed by atoms with Crippen LogP contribution in [0.1, 0.15) is 25.3 Å². The molecule has 1 amide bonds. The first kappa shape index (κ1) is 20.7. The second-order valence-corrected chi connectivity index (χ2v) is 6.30. The monoisotopic (exact) mass is 356 g/mol. The first-order valence-corrected chi connectivity index (χ1v) is 8.36. The molecule has 136 valence electrons. The topological polar surface area (TPSA) is 59.6 Å². The van der Waals surface area contributed by atoms with Crippen molar-refractivity contribution >= 4 is 24.0 Å². The Kier molecular flexibility index (Phi) is 9.11. The first-order valence-electron chi connectivity index (χ1n) is 8.36. The molecule has 5 nitrogen and oxygen atoms in total. The third-order valence-corrected chi connectivity index (χ3v) is 4.23. The third-order valence-electron chi connectivity index (χ3n) is 4.23. The number of anilines is 1. The summed E-state index contributed by atoms with van der Waals surface area (Å²) in [5, 5.41) is 5.97. The second-order valence-electron chi connectivity index (χ2n) is 6.30. The summed E-state index contributed by atoms with van der Waals surface area (Å²) in [6.45, 7) is 6.94. The molecule has 0 saturated carbocycles. The number of amides is 1. The van der Waals surface area contributed by atoms with Gasteiger partial charge in [-0.25, -0.2) is 0 Å². The maximum absolute atomic E-state index is 12.1. The number of hydrogen-bond donors (Lipinski definition) is 2. The lowest BCUT2D eigenvalue weighted by Crippen LogP contribution is -2.28. The predicted octanol–water partition coefficient (Wildman–Crippen LogP) is 3.02. The summed E-state index contributed by atoms with van der Waals surface area (Å²) in [4.78, 5) is 12.1. The predicted molar refractivity (Wildman–Crippen MR) is 99.2 cm³/mol. The molecule has 0 bridgehead atoms. The highest BCUT2D eigenvalue weighted by atomic mass is 35.5. The summed E-state index contributed by atoms with van der Waals surface area (Å²) in [5.41, 5.74) is 1.86. The first-order chi connectivity index (χ1) is 11.1. The van der Waals surface area contributed by atoms with Gasteiger partial charge in [-0.3, -0.25) is 4.79 Å². The Bertz CT molecular complexity index is 519. The molecule has 0 aromatic heterocycles. The van der Waals surface area contributed by atoms with Crippen LogP contribution in [0.4, 0.5) is 5.69 Å². The highest BCUT2D eigenvalue weighted by Gasteiger charge is 2.16. The SMILES string of the molecule is CNCC(C)C(=O)Nc1ccc(C)c(OCC2CCOCC2)c1.Cl. The summed E-state index contributed by atoms with van der Waals surface area (Å²) >= 11 is 0. The van der Waals surface area contributed by atoms with Gasteiger partial charge in [-0.2, -0.15) is 0 Å². The number of ether oxygens (including phenoxy) is 2. The maximum Gasteiger partial charge on any atom is 0.228 e. The summed E-state index contributed by atoms with van der Waals surface area (Å²) in [7, 11) is 1.85. The molecule has 1 aliphatic heterocycles. The minimum atomic E-state index is -0.0760. The lowest BCUT2D eigenvalue weighted by atomic mass is 10.0. The lowest BCUT2D eigenvalue weighted by Gasteiger charge is -2.22. The van der Waals surface area contributed by atoms with Gasteiger partial charge in [0.2, 0.25) is 5.91 Å². The van der Waals surface area contributed by atoms with Gasteiger partial charge < -0.3 is 20.1 Å². The van der Waals surface area contributed by atoms with Gasteiger partial charge in [-0.05, 0) is 44.4 Å². The van der Waals surface area contributed by atoms with E-state index in [1.54, 1.807) is 0 Å². The highest BCUT2D eigenvalue weighted by Crippen LogP contribution is 2.25. The summed E-state index contributed by atoms with van der Waals surface area (Å²) in [6.07, 6.45) is 2.11. The average molecular weight is 357 g/mol. The highest BCUT2D eigenvalue weighted by molar-refractivity contribution is 5.92. The molecule has 1 heterocycles. The molecule has 1 aromatic carbocycles. The number of aryl methyl sites for hydroxylation is 1. The zero-order valence-electron chi connectivity index (χ0n) is 14.8. The number of benzene rings is 1. The van der Waals surface area contributed by atoms with Crippen molar-refractivity contribution in [3.8, 4) is 5.75 Å². The second kappa shape index (κ2) is 10.5. The van der Waals surface area contributed by atoms with Gasteiger partial charge in [0.1, 0.15) is 5.75 Å². The standard InChI is InChI=1S/C18H28N2O3.ClH/c1-13-4-5-16(20-18(21)14(2)11-19-3)10-17(13)23-12-15-6-8-22-9-7-15;/h4-5,10,14-15,19H,6-9,11-12H2,1-3H3,(H,20,21);1H. The van der Waals surface area contributed by atoms with Crippen LogP contribution in [0.25, 0.3) is 0 Å². The van der Waals surface area contributed by atoms with E-state index in [2.05, 4.69) is 10.6 Å². The van der Waals surface area contributed by atoms with Crippen molar-refractivity contribution in [2.45, 2.75) is 26.7 Å². The van der Waals surface area contributed by atoms with Crippen molar-refractivity contribution < 1.29 is 14.3 Å². The van der Waals surface area contributed by atoms with Gasteiger partial charge in [0.05, 0.1) is 6.61 Å². The summed E-state index contributed by atoms with van der Waals surface area (Å²) in [6, 6.07) is 5.82. The van der Waals surface area contributed by atoms with Crippen LogP contribution in [0.3, 0.4) is 0 Å². The molecule has 24 heavy (non-hydrogen) atoms. The fourth-order valence-electron chi connectivity index (χ4n) is 2.62. The van der Waals surface area contributed by atoms with E-state index in [9.17, 15) is 4.79 Å². The number of hydrogen-bond acceptors (Lipinski definition) is 4. The Labute approximate surface area is 150 Å². The molecule has 2 N–H and O–H groups in total. The molecule has 0 spiro atoms. The molecular weight excluding hydrogens is 328 g/mol. The fourth-order valence-corrected chi connectivity index (χ4v) is 2.62. The van der Waals surface area contributed by atoms with Gasteiger partial charge in [-0.15, -0.1) is 12.4 Å². The molecular formula is C18H29ClN2O3. The molecule has 1 aromatic rings. The van der Waals surface area contributed by atoms with Crippen molar-refractivity contribution in [1.82, 2.24) is 5.32 Å². The maximum atomic E-state index is 12.1. The van der Waals surface area contributed by atoms with Crippen LogP contribution in [0.2, 0.25) is 0 Å². The van der Waals surface area contributed by atoms with E-state index in [1.165, 1.54) is 0 Å². The van der Waals surface area contributed by atoms with E-state index < -0.39 is 0 Å². The van der Waals surface area contributed by atoms with Crippen molar-refractivity contribution in [3.63, 3.8) is 0 Å². The van der Waals surface area contributed by atoms with Crippen molar-refractivity contribution in [2.24, 2.45) is 11.8 Å². The minimum Gasteiger partial charge on any atom is -0.493 e. The summed E-state index contributed by atoms with van der Waals surface area (Å²) < 4.78 is 11.4. The average Bonchev–Trinajstić information content (AvgIpc) is 2.56. The Morgan fingerprint density at radius 2 is 2.08 bits per heavy atom. The fraction of sp³-hybridized carbons (Fsp3) is 0.611. The lowest BCUT2D eigenvalue weighted by molar-refractivity contribution is -0.119. The van der Waals surface area contributed by atoms with Crippen LogP contribution in [-0.2, 0) is 9.53 Å². The summed E-state index contributed by atoms with van der Waals surface area (Å²) in [5.74, 6) is 1.33. The zero-order valence-corrected chi connectivity index (χ0v) is 15.6. The van der Waals surface area contributed by atoms with Crippen LogP contribution in [0.15, 0.2) is 18.2 Å². The number of halogens is 1. The van der Waals surface area contributed by atoms with E-state index in [0.717, 1.165) is 43.1 Å². The van der Waals surface area contributed by atoms with Crippen LogP contribution in [0, 0.1) is 18.8 Å². The zero-order chi connectivity index (χ0) is 16.7. The van der Waals surface area contributed by atoms with Crippen molar-refractivity contribution in [2.75, 3.05) is 38.7 Å². The molecule has 2 rings (SSSR count). The number of rotatable bonds is 7. The third kappa shape index (κ3) is 6.30. The van der Waals surface area contributed by atoms with E-state index in [-0.39, 0.29) is 24.2 Å². The van der Waals surface area contributed by atoms with Gasteiger partial charge in [-0.1, -0.05) is 13.0 Å². The van der Waals surface area contributed by atoms with Gasteiger partial charge in [0.15, 0.2) is 0 Å². The Morgan fingerprint density at radius 1 is 1.38 bits per heavy atom. The molecule has 1 fully saturated rings. The molecule has 1 aliphatic rings. The molecule has 1 saturated heterocycles. The molecule has 0 aliphatic carbocycles. The van der Waals surface area contributed by atoms with Crippen molar-refractivity contribution in [1.29, 1.82) is 0 Å². The van der Waals surface area contributed by atoms with E-state index in [0.29, 0.717) is 19.1 Å². The molecule has 1 unspecified atom stereocenters. The number of carbonyl (C=O) groups is 1. The Morgan fingerprint density at radius 3 is 2.75 bits per heavy atom. The van der Waals surface area contributed by atoms with Crippen LogP contribution >= 0.6 is 12.4 Å². The van der Waals surface area contributed by atoms with Crippen LogP contribution < -0.4 is 15.4 Å². The number of carbonyl (C=O) groups excluding carboxylic acids is 1. The van der Waals surface area contributed by atoms with Gasteiger partial charge in [0.25, 0.3) is 0 Å². The number of nitrogens with one attached hydrogen (secondary N) is 2. The van der Waals surface area contributed by atoms with E-state index >= 15 is 0 Å². The smallest absolute Gasteiger partial charge is 0.228 e. The van der Waals surface area contributed by atoms with Crippen molar-refractivity contribution in [3.05, 3.63) is 23.8 Å². The van der Waals surface area contributed by atoms with Crippen LogP contribution in [0.5, 0.6) is 5.75 Å². The van der Waals surface area contributed by atoms with Gasteiger partial charge >= 0.3 is 0 Å². The van der Waals surface area contributed by atoms with Crippen LogP contribution in [-0.4, -0.2) is 39.3 Å². The normalized spacial score (nSPS) is 16.1. The largest absolute Gasteiger partial charge is 0.493 e. The minimum absolute atomic E-state index is 0.